The lowest BCUT2D eigenvalue weighted by atomic mass is 9.77. The van der Waals surface area contributed by atoms with Gasteiger partial charge in [0.05, 0.1) is 6.10 Å². The third-order valence-electron chi connectivity index (χ3n) is 4.00. The Morgan fingerprint density at radius 2 is 1.78 bits per heavy atom. The average Bonchev–Trinajstić information content (AvgIpc) is 2.33. The fourth-order valence-corrected chi connectivity index (χ4v) is 2.59. The first-order valence-corrected chi connectivity index (χ1v) is 7.47. The molecule has 0 bridgehead atoms. The molecule has 1 fully saturated rings. The zero-order valence-corrected chi connectivity index (χ0v) is 11.8. The van der Waals surface area contributed by atoms with Crippen molar-refractivity contribution in [2.45, 2.75) is 64.4 Å². The molecule has 1 saturated carbocycles. The zero-order valence-electron chi connectivity index (χ0n) is 11.8. The van der Waals surface area contributed by atoms with E-state index >= 15 is 0 Å². The summed E-state index contributed by atoms with van der Waals surface area (Å²) < 4.78 is 5.90. The SMILES string of the molecule is CCCCCCOC1CC(c2ccc(C)cc2)C1. The Kier molecular flexibility index (Phi) is 5.25. The van der Waals surface area contributed by atoms with Crippen LogP contribution in [-0.4, -0.2) is 12.7 Å². The molecule has 1 aromatic carbocycles. The predicted molar refractivity (Wildman–Crippen MR) is 77.0 cm³/mol. The third kappa shape index (κ3) is 3.84. The summed E-state index contributed by atoms with van der Waals surface area (Å²) >= 11 is 0. The van der Waals surface area contributed by atoms with Crippen LogP contribution in [0.1, 0.15) is 62.5 Å². The minimum atomic E-state index is 0.526. The molecule has 100 valence electrons. The molecule has 0 aromatic heterocycles. The molecule has 0 atom stereocenters. The fourth-order valence-electron chi connectivity index (χ4n) is 2.59. The van der Waals surface area contributed by atoms with Gasteiger partial charge >= 0.3 is 0 Å². The quantitative estimate of drug-likeness (QED) is 0.626. The highest BCUT2D eigenvalue weighted by Gasteiger charge is 2.30. The number of aryl methyl sites for hydroxylation is 1. The van der Waals surface area contributed by atoms with Crippen molar-refractivity contribution in [3.05, 3.63) is 35.4 Å². The van der Waals surface area contributed by atoms with E-state index in [-0.39, 0.29) is 0 Å². The van der Waals surface area contributed by atoms with E-state index in [1.54, 1.807) is 0 Å². The lowest BCUT2D eigenvalue weighted by Gasteiger charge is -2.35. The maximum absolute atomic E-state index is 5.90. The van der Waals surface area contributed by atoms with Crippen LogP contribution in [0, 0.1) is 6.92 Å². The van der Waals surface area contributed by atoms with E-state index < -0.39 is 0 Å². The van der Waals surface area contributed by atoms with Crippen molar-refractivity contribution in [3.63, 3.8) is 0 Å². The minimum Gasteiger partial charge on any atom is -0.378 e. The van der Waals surface area contributed by atoms with Crippen molar-refractivity contribution in [1.82, 2.24) is 0 Å². The summed E-state index contributed by atoms with van der Waals surface area (Å²) in [6.45, 7) is 5.36. The molecule has 18 heavy (non-hydrogen) atoms. The lowest BCUT2D eigenvalue weighted by molar-refractivity contribution is -0.0117. The monoisotopic (exact) mass is 246 g/mol. The van der Waals surface area contributed by atoms with Crippen molar-refractivity contribution < 1.29 is 4.74 Å². The van der Waals surface area contributed by atoms with E-state index in [1.807, 2.05) is 0 Å². The van der Waals surface area contributed by atoms with Crippen molar-refractivity contribution in [1.29, 1.82) is 0 Å². The third-order valence-corrected chi connectivity index (χ3v) is 4.00. The van der Waals surface area contributed by atoms with Crippen molar-refractivity contribution in [3.8, 4) is 0 Å². The largest absolute Gasteiger partial charge is 0.378 e. The molecule has 0 aliphatic heterocycles. The molecule has 0 amide bonds. The molecule has 0 N–H and O–H groups in total. The maximum Gasteiger partial charge on any atom is 0.0586 e. The van der Waals surface area contributed by atoms with E-state index in [0.29, 0.717) is 6.10 Å². The molecule has 0 saturated heterocycles. The fraction of sp³-hybridized carbons (Fsp3) is 0.647. The molecule has 1 aromatic rings. The Labute approximate surface area is 112 Å². The molecule has 2 rings (SSSR count). The molecule has 1 nitrogen and oxygen atoms in total. The van der Waals surface area contributed by atoms with Gasteiger partial charge in [-0.25, -0.2) is 0 Å². The van der Waals surface area contributed by atoms with Crippen LogP contribution in [0.5, 0.6) is 0 Å². The number of benzene rings is 1. The highest BCUT2D eigenvalue weighted by molar-refractivity contribution is 5.26. The summed E-state index contributed by atoms with van der Waals surface area (Å²) in [6.07, 6.45) is 8.18. The Hall–Kier alpha value is -0.820. The molecule has 0 heterocycles. The Bertz CT molecular complexity index is 335. The minimum absolute atomic E-state index is 0.526. The van der Waals surface area contributed by atoms with Crippen LogP contribution >= 0.6 is 0 Å². The lowest BCUT2D eigenvalue weighted by Crippen LogP contribution is -2.30. The molecule has 0 unspecified atom stereocenters. The van der Waals surface area contributed by atoms with Crippen LogP contribution in [-0.2, 0) is 4.74 Å². The Balaban J connectivity index is 1.60. The van der Waals surface area contributed by atoms with Gasteiger partial charge in [-0.05, 0) is 37.7 Å². The van der Waals surface area contributed by atoms with Gasteiger partial charge in [0.15, 0.2) is 0 Å². The van der Waals surface area contributed by atoms with Gasteiger partial charge in [0, 0.05) is 6.61 Å². The summed E-state index contributed by atoms with van der Waals surface area (Å²) in [6, 6.07) is 8.98. The van der Waals surface area contributed by atoms with Crippen molar-refractivity contribution in [2.75, 3.05) is 6.61 Å². The summed E-state index contributed by atoms with van der Waals surface area (Å²) in [4.78, 5) is 0. The van der Waals surface area contributed by atoms with Gasteiger partial charge in [0.2, 0.25) is 0 Å². The molecule has 1 aliphatic rings. The van der Waals surface area contributed by atoms with Crippen LogP contribution < -0.4 is 0 Å². The van der Waals surface area contributed by atoms with Gasteiger partial charge in [-0.2, -0.15) is 0 Å². The number of ether oxygens (including phenoxy) is 1. The topological polar surface area (TPSA) is 9.23 Å². The van der Waals surface area contributed by atoms with Gasteiger partial charge in [0.1, 0.15) is 0 Å². The second kappa shape index (κ2) is 6.94. The van der Waals surface area contributed by atoms with E-state index in [1.165, 1.54) is 49.7 Å². The smallest absolute Gasteiger partial charge is 0.0586 e. The zero-order chi connectivity index (χ0) is 12.8. The first-order valence-electron chi connectivity index (χ1n) is 7.47. The second-order valence-corrected chi connectivity index (χ2v) is 5.63. The molecular weight excluding hydrogens is 220 g/mol. The number of rotatable bonds is 7. The van der Waals surface area contributed by atoms with E-state index in [2.05, 4.69) is 38.1 Å². The first-order chi connectivity index (χ1) is 8.79. The second-order valence-electron chi connectivity index (χ2n) is 5.63. The summed E-state index contributed by atoms with van der Waals surface area (Å²) in [5.74, 6) is 0.742. The van der Waals surface area contributed by atoms with Crippen molar-refractivity contribution >= 4 is 0 Å². The summed E-state index contributed by atoms with van der Waals surface area (Å²) in [5, 5.41) is 0. The van der Waals surface area contributed by atoms with Gasteiger partial charge in [0.25, 0.3) is 0 Å². The maximum atomic E-state index is 5.90. The van der Waals surface area contributed by atoms with Gasteiger partial charge in [-0.15, -0.1) is 0 Å². The van der Waals surface area contributed by atoms with Gasteiger partial charge in [-0.1, -0.05) is 56.0 Å². The van der Waals surface area contributed by atoms with Crippen LogP contribution in [0.3, 0.4) is 0 Å². The molecular formula is C17H26O. The average molecular weight is 246 g/mol. The standard InChI is InChI=1S/C17H26O/c1-3-4-5-6-11-18-17-12-16(13-17)15-9-7-14(2)8-10-15/h7-10,16-17H,3-6,11-13H2,1-2H3. The number of unbranched alkanes of at least 4 members (excludes halogenated alkanes) is 3. The highest BCUT2D eigenvalue weighted by Crippen LogP contribution is 2.38. The Morgan fingerprint density at radius 3 is 2.44 bits per heavy atom. The summed E-state index contributed by atoms with van der Waals surface area (Å²) in [5.41, 5.74) is 2.84. The molecule has 1 heteroatoms. The molecule has 0 spiro atoms. The first kappa shape index (κ1) is 13.6. The predicted octanol–water partition coefficient (Wildman–Crippen LogP) is 4.84. The van der Waals surface area contributed by atoms with Crippen LogP contribution in [0.2, 0.25) is 0 Å². The molecule has 0 radical (unpaired) electrons. The molecule has 1 aliphatic carbocycles. The Morgan fingerprint density at radius 1 is 1.06 bits per heavy atom. The van der Waals surface area contributed by atoms with E-state index in [4.69, 9.17) is 4.74 Å². The van der Waals surface area contributed by atoms with Crippen LogP contribution in [0.4, 0.5) is 0 Å². The highest BCUT2D eigenvalue weighted by atomic mass is 16.5. The summed E-state index contributed by atoms with van der Waals surface area (Å²) in [7, 11) is 0. The van der Waals surface area contributed by atoms with Gasteiger partial charge < -0.3 is 4.74 Å². The van der Waals surface area contributed by atoms with Crippen LogP contribution in [0.25, 0.3) is 0 Å². The normalized spacial score (nSPS) is 22.8. The number of hydrogen-bond acceptors (Lipinski definition) is 1. The van der Waals surface area contributed by atoms with Gasteiger partial charge in [-0.3, -0.25) is 0 Å². The van der Waals surface area contributed by atoms with Crippen LogP contribution in [0.15, 0.2) is 24.3 Å². The van der Waals surface area contributed by atoms with Crippen molar-refractivity contribution in [2.24, 2.45) is 0 Å². The number of hydrogen-bond donors (Lipinski definition) is 0. The van der Waals surface area contributed by atoms with E-state index in [9.17, 15) is 0 Å². The van der Waals surface area contributed by atoms with E-state index in [0.717, 1.165) is 12.5 Å².